The predicted molar refractivity (Wildman–Crippen MR) is 88.7 cm³/mol. The number of carbonyl (C=O) groups is 1. The zero-order chi connectivity index (χ0) is 16.6. The maximum Gasteiger partial charge on any atom is 0.338 e. The highest BCUT2D eigenvalue weighted by Gasteiger charge is 2.21. The zero-order valence-electron chi connectivity index (χ0n) is 12.9. The fourth-order valence-electron chi connectivity index (χ4n) is 2.60. The van der Waals surface area contributed by atoms with Crippen LogP contribution in [0, 0.1) is 6.92 Å². The fraction of sp³-hybridized carbons (Fsp3) is 0.167. The molecule has 23 heavy (non-hydrogen) atoms. The molecule has 0 aromatic heterocycles. The molecule has 0 radical (unpaired) electrons. The third-order valence-corrected chi connectivity index (χ3v) is 4.91. The van der Waals surface area contributed by atoms with E-state index in [4.69, 9.17) is 4.74 Å². The molecule has 0 saturated carbocycles. The normalized spacial score (nSPS) is 14.5. The second-order valence-corrected chi connectivity index (χ2v) is 7.58. The molecule has 2 aromatic carbocycles. The molecule has 118 valence electrons. The molecule has 0 fully saturated rings. The highest BCUT2D eigenvalue weighted by atomic mass is 32.2. The summed E-state index contributed by atoms with van der Waals surface area (Å²) in [7, 11) is -3.23. The van der Waals surface area contributed by atoms with Crippen molar-refractivity contribution >= 4 is 21.4 Å². The molecule has 0 saturated heterocycles. The van der Waals surface area contributed by atoms with Gasteiger partial charge in [0.2, 0.25) is 0 Å². The van der Waals surface area contributed by atoms with Crippen molar-refractivity contribution in [2.75, 3.05) is 12.9 Å². The third kappa shape index (κ3) is 3.05. The summed E-state index contributed by atoms with van der Waals surface area (Å²) in [5.74, 6) is -0.331. The SMILES string of the molecule is Cc1ccc(C2=CCOC2=O)c(-c2ccc(S(C)(=O)=O)cc2)c1. The molecule has 5 heteroatoms. The number of hydrogen-bond donors (Lipinski definition) is 0. The van der Waals surface area contributed by atoms with Crippen LogP contribution in [-0.4, -0.2) is 27.2 Å². The average Bonchev–Trinajstić information content (AvgIpc) is 2.92. The molecular weight excluding hydrogens is 312 g/mol. The van der Waals surface area contributed by atoms with Gasteiger partial charge in [-0.2, -0.15) is 0 Å². The first-order valence-electron chi connectivity index (χ1n) is 7.15. The van der Waals surface area contributed by atoms with Crippen LogP contribution in [0.2, 0.25) is 0 Å². The number of benzene rings is 2. The summed E-state index contributed by atoms with van der Waals surface area (Å²) >= 11 is 0. The summed E-state index contributed by atoms with van der Waals surface area (Å²) in [6, 6.07) is 12.5. The van der Waals surface area contributed by atoms with Crippen LogP contribution < -0.4 is 0 Å². The molecule has 0 amide bonds. The Morgan fingerprint density at radius 2 is 1.70 bits per heavy atom. The second-order valence-electron chi connectivity index (χ2n) is 5.56. The van der Waals surface area contributed by atoms with Crippen LogP contribution in [-0.2, 0) is 19.4 Å². The maximum absolute atomic E-state index is 11.9. The molecular formula is C18H16O4S. The lowest BCUT2D eigenvalue weighted by Gasteiger charge is -2.11. The van der Waals surface area contributed by atoms with E-state index in [1.165, 1.54) is 6.26 Å². The molecule has 0 unspecified atom stereocenters. The van der Waals surface area contributed by atoms with Gasteiger partial charge in [-0.1, -0.05) is 35.9 Å². The van der Waals surface area contributed by atoms with Crippen molar-refractivity contribution in [2.24, 2.45) is 0 Å². The van der Waals surface area contributed by atoms with E-state index < -0.39 is 9.84 Å². The molecule has 0 N–H and O–H groups in total. The van der Waals surface area contributed by atoms with Gasteiger partial charge in [-0.25, -0.2) is 13.2 Å². The van der Waals surface area contributed by atoms with Gasteiger partial charge in [0.05, 0.1) is 10.5 Å². The summed E-state index contributed by atoms with van der Waals surface area (Å²) in [5, 5.41) is 0. The van der Waals surface area contributed by atoms with Crippen LogP contribution >= 0.6 is 0 Å². The first-order valence-corrected chi connectivity index (χ1v) is 9.04. The van der Waals surface area contributed by atoms with Crippen LogP contribution in [0.1, 0.15) is 11.1 Å². The van der Waals surface area contributed by atoms with Crippen molar-refractivity contribution in [1.29, 1.82) is 0 Å². The van der Waals surface area contributed by atoms with Gasteiger partial charge in [0, 0.05) is 6.26 Å². The smallest absolute Gasteiger partial charge is 0.338 e. The Kier molecular flexibility index (Phi) is 3.82. The first-order chi connectivity index (χ1) is 10.9. The van der Waals surface area contributed by atoms with Gasteiger partial charge in [0.15, 0.2) is 9.84 Å². The van der Waals surface area contributed by atoms with Gasteiger partial charge in [-0.15, -0.1) is 0 Å². The Morgan fingerprint density at radius 1 is 1.00 bits per heavy atom. The molecule has 2 aromatic rings. The van der Waals surface area contributed by atoms with Crippen LogP contribution in [0.15, 0.2) is 53.4 Å². The summed E-state index contributed by atoms with van der Waals surface area (Å²) in [4.78, 5) is 12.1. The minimum absolute atomic E-state index is 0.273. The number of sulfone groups is 1. The molecule has 3 rings (SSSR count). The lowest BCUT2D eigenvalue weighted by Crippen LogP contribution is -2.01. The summed E-state index contributed by atoms with van der Waals surface area (Å²) in [5.41, 5.74) is 4.15. The summed E-state index contributed by atoms with van der Waals surface area (Å²) in [6.07, 6.45) is 2.95. The van der Waals surface area contributed by atoms with Crippen LogP contribution in [0.3, 0.4) is 0 Å². The molecule has 0 bridgehead atoms. The second kappa shape index (κ2) is 5.66. The van der Waals surface area contributed by atoms with Gasteiger partial charge < -0.3 is 4.74 Å². The van der Waals surface area contributed by atoms with Crippen LogP contribution in [0.25, 0.3) is 16.7 Å². The van der Waals surface area contributed by atoms with E-state index in [1.807, 2.05) is 25.1 Å². The van der Waals surface area contributed by atoms with Crippen LogP contribution in [0.4, 0.5) is 0 Å². The highest BCUT2D eigenvalue weighted by Crippen LogP contribution is 2.32. The number of cyclic esters (lactones) is 1. The van der Waals surface area contributed by atoms with E-state index in [-0.39, 0.29) is 17.5 Å². The molecule has 0 spiro atoms. The molecule has 1 aliphatic rings. The lowest BCUT2D eigenvalue weighted by atomic mass is 9.93. The Morgan fingerprint density at radius 3 is 2.26 bits per heavy atom. The average molecular weight is 328 g/mol. The van der Waals surface area contributed by atoms with Gasteiger partial charge in [0.25, 0.3) is 0 Å². The standard InChI is InChI=1S/C18H16O4S/c1-12-3-8-15(16-9-10-22-18(16)19)17(11-12)13-4-6-14(7-5-13)23(2,20)21/h3-9,11H,10H2,1-2H3. The van der Waals surface area contributed by atoms with E-state index in [0.29, 0.717) is 5.57 Å². The number of ether oxygens (including phenoxy) is 1. The van der Waals surface area contributed by atoms with Crippen molar-refractivity contribution in [3.63, 3.8) is 0 Å². The minimum atomic E-state index is -3.23. The topological polar surface area (TPSA) is 60.4 Å². The van der Waals surface area contributed by atoms with E-state index in [9.17, 15) is 13.2 Å². The number of esters is 1. The molecule has 4 nitrogen and oxygen atoms in total. The number of hydrogen-bond acceptors (Lipinski definition) is 4. The van der Waals surface area contributed by atoms with Crippen molar-refractivity contribution in [2.45, 2.75) is 11.8 Å². The monoisotopic (exact) mass is 328 g/mol. The largest absolute Gasteiger partial charge is 0.458 e. The molecule has 0 atom stereocenters. The lowest BCUT2D eigenvalue weighted by molar-refractivity contribution is -0.133. The number of rotatable bonds is 3. The van der Waals surface area contributed by atoms with E-state index in [2.05, 4.69) is 0 Å². The van der Waals surface area contributed by atoms with Crippen LogP contribution in [0.5, 0.6) is 0 Å². The Labute approximate surface area is 135 Å². The Balaban J connectivity index is 2.12. The van der Waals surface area contributed by atoms with E-state index in [0.717, 1.165) is 22.3 Å². The first kappa shape index (κ1) is 15.5. The van der Waals surface area contributed by atoms with Gasteiger partial charge in [0.1, 0.15) is 6.61 Å². The van der Waals surface area contributed by atoms with Gasteiger partial charge in [-0.3, -0.25) is 0 Å². The van der Waals surface area contributed by atoms with Crippen molar-refractivity contribution < 1.29 is 17.9 Å². The number of carbonyl (C=O) groups excluding carboxylic acids is 1. The molecule has 0 aliphatic carbocycles. The maximum atomic E-state index is 11.9. The minimum Gasteiger partial charge on any atom is -0.458 e. The van der Waals surface area contributed by atoms with Crippen molar-refractivity contribution in [3.05, 3.63) is 59.7 Å². The summed E-state index contributed by atoms with van der Waals surface area (Å²) in [6.45, 7) is 2.26. The quantitative estimate of drug-likeness (QED) is 0.813. The van der Waals surface area contributed by atoms with E-state index in [1.54, 1.807) is 30.3 Å². The number of aryl methyl sites for hydroxylation is 1. The highest BCUT2D eigenvalue weighted by molar-refractivity contribution is 7.90. The van der Waals surface area contributed by atoms with Gasteiger partial charge >= 0.3 is 5.97 Å². The third-order valence-electron chi connectivity index (χ3n) is 3.78. The van der Waals surface area contributed by atoms with Gasteiger partial charge in [-0.05, 0) is 41.8 Å². The Hall–Kier alpha value is -2.40. The van der Waals surface area contributed by atoms with Crippen molar-refractivity contribution in [1.82, 2.24) is 0 Å². The summed E-state index contributed by atoms with van der Waals surface area (Å²) < 4.78 is 28.2. The predicted octanol–water partition coefficient (Wildman–Crippen LogP) is 3.01. The molecule has 1 heterocycles. The van der Waals surface area contributed by atoms with Crippen molar-refractivity contribution in [3.8, 4) is 11.1 Å². The molecule has 1 aliphatic heterocycles. The Bertz CT molecular complexity index is 907. The zero-order valence-corrected chi connectivity index (χ0v) is 13.7. The van der Waals surface area contributed by atoms with E-state index >= 15 is 0 Å². The fourth-order valence-corrected chi connectivity index (χ4v) is 3.23.